The molecule has 5 heteroatoms. The monoisotopic (exact) mass is 223 g/mol. The third kappa shape index (κ3) is 1.99. The first-order valence-electron chi connectivity index (χ1n) is 5.41. The van der Waals surface area contributed by atoms with Crippen LogP contribution in [-0.2, 0) is 0 Å². The molecule has 0 aliphatic carbocycles. The fraction of sp³-hybridized carbons (Fsp3) is 1.00. The van der Waals surface area contributed by atoms with E-state index in [1.165, 1.54) is 4.90 Å². The standard InChI is InChI=1S/C10H16F3NO/c11-10(12,13)6-14-8-2-1-4-9(14,7-15)5-3-8/h8,15H,1-7H2. The Kier molecular flexibility index (Phi) is 2.71. The minimum Gasteiger partial charge on any atom is -0.394 e. The Balaban J connectivity index is 2.15. The van der Waals surface area contributed by atoms with E-state index in [0.717, 1.165) is 19.3 Å². The van der Waals surface area contributed by atoms with Gasteiger partial charge in [0.1, 0.15) is 0 Å². The van der Waals surface area contributed by atoms with Crippen molar-refractivity contribution in [3.63, 3.8) is 0 Å². The number of aliphatic hydroxyl groups is 1. The van der Waals surface area contributed by atoms with Gasteiger partial charge < -0.3 is 5.11 Å². The van der Waals surface area contributed by atoms with Crippen LogP contribution in [0.5, 0.6) is 0 Å². The Morgan fingerprint density at radius 3 is 2.60 bits per heavy atom. The molecule has 15 heavy (non-hydrogen) atoms. The molecule has 2 heterocycles. The molecule has 2 aliphatic heterocycles. The predicted octanol–water partition coefficient (Wildman–Crippen LogP) is 1.93. The van der Waals surface area contributed by atoms with Crippen LogP contribution in [0.15, 0.2) is 0 Å². The van der Waals surface area contributed by atoms with Gasteiger partial charge in [-0.1, -0.05) is 0 Å². The summed E-state index contributed by atoms with van der Waals surface area (Å²) in [5, 5.41) is 9.33. The molecule has 1 N–H and O–H groups in total. The molecule has 0 aromatic carbocycles. The van der Waals surface area contributed by atoms with E-state index in [1.807, 2.05) is 0 Å². The zero-order valence-electron chi connectivity index (χ0n) is 8.56. The molecular formula is C10H16F3NO. The van der Waals surface area contributed by atoms with E-state index < -0.39 is 18.3 Å². The van der Waals surface area contributed by atoms with E-state index in [2.05, 4.69) is 0 Å². The quantitative estimate of drug-likeness (QED) is 0.773. The van der Waals surface area contributed by atoms with Gasteiger partial charge in [0.05, 0.1) is 13.2 Å². The molecule has 0 amide bonds. The third-order valence-electron chi connectivity index (χ3n) is 3.82. The van der Waals surface area contributed by atoms with Crippen molar-refractivity contribution < 1.29 is 18.3 Å². The first-order valence-corrected chi connectivity index (χ1v) is 5.41. The largest absolute Gasteiger partial charge is 0.401 e. The summed E-state index contributed by atoms with van der Waals surface area (Å²) in [5.41, 5.74) is -0.571. The van der Waals surface area contributed by atoms with Crippen molar-refractivity contribution in [1.82, 2.24) is 4.90 Å². The van der Waals surface area contributed by atoms with Gasteiger partial charge in [0.15, 0.2) is 0 Å². The number of piperidine rings is 1. The second-order valence-electron chi connectivity index (χ2n) is 4.71. The average Bonchev–Trinajstić information content (AvgIpc) is 2.35. The number of hydrogen-bond donors (Lipinski definition) is 1. The van der Waals surface area contributed by atoms with Crippen LogP contribution in [0.2, 0.25) is 0 Å². The van der Waals surface area contributed by atoms with Crippen molar-refractivity contribution in [2.45, 2.75) is 49.9 Å². The molecule has 2 bridgehead atoms. The van der Waals surface area contributed by atoms with Crippen LogP contribution < -0.4 is 0 Å². The number of rotatable bonds is 2. The lowest BCUT2D eigenvalue weighted by Gasteiger charge is -2.44. The van der Waals surface area contributed by atoms with Gasteiger partial charge in [-0.3, -0.25) is 4.90 Å². The molecule has 0 saturated carbocycles. The fourth-order valence-corrected chi connectivity index (χ4v) is 3.10. The zero-order chi connectivity index (χ0) is 11.1. The number of aliphatic hydroxyl groups excluding tert-OH is 1. The Morgan fingerprint density at radius 1 is 1.27 bits per heavy atom. The fourth-order valence-electron chi connectivity index (χ4n) is 3.10. The van der Waals surface area contributed by atoms with E-state index in [9.17, 15) is 18.3 Å². The summed E-state index contributed by atoms with van der Waals surface area (Å²) in [6.07, 6.45) is -0.144. The zero-order valence-corrected chi connectivity index (χ0v) is 8.56. The van der Waals surface area contributed by atoms with Crippen LogP contribution in [0.4, 0.5) is 13.2 Å². The average molecular weight is 223 g/mol. The Morgan fingerprint density at radius 2 is 2.00 bits per heavy atom. The first-order chi connectivity index (χ1) is 6.97. The van der Waals surface area contributed by atoms with Crippen molar-refractivity contribution in [1.29, 1.82) is 0 Å². The molecule has 2 atom stereocenters. The summed E-state index contributed by atoms with van der Waals surface area (Å²) < 4.78 is 37.2. The highest BCUT2D eigenvalue weighted by Crippen LogP contribution is 2.44. The molecule has 0 aromatic heterocycles. The summed E-state index contributed by atoms with van der Waals surface area (Å²) in [4.78, 5) is 1.50. The van der Waals surface area contributed by atoms with Crippen molar-refractivity contribution in [3.05, 3.63) is 0 Å². The van der Waals surface area contributed by atoms with Gasteiger partial charge in [-0.05, 0) is 32.1 Å². The summed E-state index contributed by atoms with van der Waals surface area (Å²) >= 11 is 0. The van der Waals surface area contributed by atoms with Gasteiger partial charge in [-0.15, -0.1) is 0 Å². The maximum absolute atomic E-state index is 12.4. The van der Waals surface area contributed by atoms with Gasteiger partial charge in [0.2, 0.25) is 0 Å². The van der Waals surface area contributed by atoms with E-state index in [-0.39, 0.29) is 12.6 Å². The summed E-state index contributed by atoms with van der Waals surface area (Å²) in [7, 11) is 0. The smallest absolute Gasteiger partial charge is 0.394 e. The van der Waals surface area contributed by atoms with Crippen molar-refractivity contribution in [2.24, 2.45) is 0 Å². The van der Waals surface area contributed by atoms with Crippen LogP contribution in [0, 0.1) is 0 Å². The number of halogens is 3. The van der Waals surface area contributed by atoms with Gasteiger partial charge in [0.25, 0.3) is 0 Å². The highest BCUT2D eigenvalue weighted by Gasteiger charge is 2.51. The molecule has 2 saturated heterocycles. The van der Waals surface area contributed by atoms with Crippen LogP contribution in [0.3, 0.4) is 0 Å². The maximum atomic E-state index is 12.4. The molecule has 2 aliphatic rings. The van der Waals surface area contributed by atoms with E-state index in [0.29, 0.717) is 12.8 Å². The van der Waals surface area contributed by atoms with Crippen LogP contribution in [0.25, 0.3) is 0 Å². The molecular weight excluding hydrogens is 207 g/mol. The minimum atomic E-state index is -4.15. The Bertz CT molecular complexity index is 239. The van der Waals surface area contributed by atoms with Gasteiger partial charge in [-0.2, -0.15) is 13.2 Å². The minimum absolute atomic E-state index is 0.0347. The number of nitrogens with zero attached hydrogens (tertiary/aromatic N) is 1. The number of fused-ring (bicyclic) bond motifs is 2. The van der Waals surface area contributed by atoms with Crippen molar-refractivity contribution >= 4 is 0 Å². The topological polar surface area (TPSA) is 23.5 Å². The highest BCUT2D eigenvalue weighted by molar-refractivity contribution is 5.04. The molecule has 0 aromatic rings. The lowest BCUT2D eigenvalue weighted by Crippen LogP contribution is -2.55. The van der Waals surface area contributed by atoms with Gasteiger partial charge in [0, 0.05) is 11.6 Å². The van der Waals surface area contributed by atoms with E-state index >= 15 is 0 Å². The lowest BCUT2D eigenvalue weighted by atomic mass is 9.89. The molecule has 88 valence electrons. The second kappa shape index (κ2) is 3.63. The molecule has 2 fully saturated rings. The molecule has 2 nitrogen and oxygen atoms in total. The van der Waals surface area contributed by atoms with E-state index in [1.54, 1.807) is 0 Å². The Labute approximate surface area is 87.1 Å². The lowest BCUT2D eigenvalue weighted by molar-refractivity contribution is -0.168. The van der Waals surface area contributed by atoms with Gasteiger partial charge in [-0.25, -0.2) is 0 Å². The summed E-state index contributed by atoms with van der Waals surface area (Å²) in [5.74, 6) is 0. The third-order valence-corrected chi connectivity index (χ3v) is 3.82. The normalized spacial score (nSPS) is 37.2. The summed E-state index contributed by atoms with van der Waals surface area (Å²) in [6.45, 7) is -1.00. The van der Waals surface area contributed by atoms with Crippen molar-refractivity contribution in [2.75, 3.05) is 13.2 Å². The Hall–Kier alpha value is -0.290. The van der Waals surface area contributed by atoms with Crippen LogP contribution >= 0.6 is 0 Å². The van der Waals surface area contributed by atoms with Gasteiger partial charge >= 0.3 is 6.18 Å². The molecule has 2 unspecified atom stereocenters. The highest BCUT2D eigenvalue weighted by atomic mass is 19.4. The number of alkyl halides is 3. The predicted molar refractivity (Wildman–Crippen MR) is 49.5 cm³/mol. The molecule has 2 rings (SSSR count). The first kappa shape index (κ1) is 11.2. The van der Waals surface area contributed by atoms with Crippen molar-refractivity contribution in [3.8, 4) is 0 Å². The van der Waals surface area contributed by atoms with Crippen LogP contribution in [-0.4, -0.2) is 40.9 Å². The molecule has 0 spiro atoms. The summed E-state index contributed by atoms with van der Waals surface area (Å²) in [6, 6.07) is 0.0347. The number of hydrogen-bond acceptors (Lipinski definition) is 2. The second-order valence-corrected chi connectivity index (χ2v) is 4.71. The maximum Gasteiger partial charge on any atom is 0.401 e. The van der Waals surface area contributed by atoms with E-state index in [4.69, 9.17) is 0 Å². The van der Waals surface area contributed by atoms with Crippen LogP contribution in [0.1, 0.15) is 32.1 Å². The SMILES string of the molecule is OCC12CCCC(CC1)N2CC(F)(F)F. The molecule has 0 radical (unpaired) electrons.